The Bertz CT molecular complexity index is 1380. The number of aliphatic hydroxyl groups excluding tert-OH is 1. The molecule has 0 radical (unpaired) electrons. The number of thiophene rings is 1. The lowest BCUT2D eigenvalue weighted by atomic mass is 9.88. The highest BCUT2D eigenvalue weighted by atomic mass is 32.1. The van der Waals surface area contributed by atoms with E-state index in [1.165, 1.54) is 17.0 Å². The zero-order chi connectivity index (χ0) is 22.0. The molecule has 2 aliphatic heterocycles. The van der Waals surface area contributed by atoms with Gasteiger partial charge in [0.25, 0.3) is 5.56 Å². The van der Waals surface area contributed by atoms with E-state index in [9.17, 15) is 9.90 Å². The average molecular weight is 451 g/mol. The predicted molar refractivity (Wildman–Crippen MR) is 130 cm³/mol. The van der Waals surface area contributed by atoms with Crippen LogP contribution in [-0.2, 0) is 0 Å². The molecule has 1 aromatic carbocycles. The summed E-state index contributed by atoms with van der Waals surface area (Å²) in [5.74, 6) is 0.700. The molecule has 4 aromatic rings. The van der Waals surface area contributed by atoms with Gasteiger partial charge in [-0.25, -0.2) is 4.98 Å². The van der Waals surface area contributed by atoms with Gasteiger partial charge in [0.05, 0.1) is 29.4 Å². The number of hydrogen-bond acceptors (Lipinski definition) is 7. The van der Waals surface area contributed by atoms with Gasteiger partial charge in [-0.15, -0.1) is 11.3 Å². The first-order chi connectivity index (χ1) is 15.5. The molecule has 4 N–H and O–H groups in total. The van der Waals surface area contributed by atoms with Gasteiger partial charge in [-0.1, -0.05) is 6.92 Å². The van der Waals surface area contributed by atoms with Gasteiger partial charge in [0.2, 0.25) is 0 Å². The number of anilines is 2. The second-order valence-corrected chi connectivity index (χ2v) is 9.78. The van der Waals surface area contributed by atoms with E-state index in [0.29, 0.717) is 11.4 Å². The first-order valence-electron chi connectivity index (χ1n) is 11.0. The molecule has 32 heavy (non-hydrogen) atoms. The number of benzene rings is 1. The molecule has 1 unspecified atom stereocenters. The highest BCUT2D eigenvalue weighted by molar-refractivity contribution is 7.17. The molecule has 6 rings (SSSR count). The molecule has 0 saturated carbocycles. The number of H-pyrrole nitrogens is 2. The molecule has 5 heterocycles. The Hall–Kier alpha value is -2.88. The van der Waals surface area contributed by atoms with Crippen molar-refractivity contribution in [2.24, 2.45) is 0 Å². The van der Waals surface area contributed by atoms with Crippen LogP contribution in [0.1, 0.15) is 18.4 Å². The fraction of sp³-hybridized carbons (Fsp3) is 0.391. The average Bonchev–Trinajstić information content (AvgIpc) is 3.40. The molecule has 0 aliphatic carbocycles. The lowest BCUT2D eigenvalue weighted by Crippen LogP contribution is -2.44. The molecule has 9 heteroatoms. The van der Waals surface area contributed by atoms with E-state index in [4.69, 9.17) is 4.98 Å². The van der Waals surface area contributed by atoms with E-state index in [0.717, 1.165) is 58.7 Å². The first-order valence-corrected chi connectivity index (χ1v) is 11.9. The second-order valence-electron chi connectivity index (χ2n) is 8.90. The smallest absolute Gasteiger partial charge is 0.262 e. The molecule has 166 valence electrons. The van der Waals surface area contributed by atoms with Crippen molar-refractivity contribution in [2.45, 2.75) is 18.9 Å². The fourth-order valence-electron chi connectivity index (χ4n) is 4.94. The van der Waals surface area contributed by atoms with Crippen molar-refractivity contribution in [1.82, 2.24) is 19.9 Å². The summed E-state index contributed by atoms with van der Waals surface area (Å²) in [6.45, 7) is 6.18. The minimum absolute atomic E-state index is 0.00129. The number of hydrogen-bond donors (Lipinski definition) is 4. The van der Waals surface area contributed by atoms with E-state index in [2.05, 4.69) is 56.6 Å². The van der Waals surface area contributed by atoms with Crippen LogP contribution in [0.5, 0.6) is 0 Å². The number of aromatic nitrogens is 3. The standard InChI is InChI=1S/C23H26N6O2S/c1-12-14-11-32-23-18(14)20(24-17(12)10-30)19(22(31)27-23)21-25-15-4-3-13(9-16(15)26-21)29-7-5-28(2)6-8-29/h3-4,9,11-12,17,24,30H,5-8,10H2,1-2H3,(H,25,26)(H,27,31)/t12?,17-/m0/s1. The maximum absolute atomic E-state index is 13.1. The van der Waals surface area contributed by atoms with Gasteiger partial charge in [-0.3, -0.25) is 4.79 Å². The van der Waals surface area contributed by atoms with Crippen molar-refractivity contribution in [3.8, 4) is 11.4 Å². The van der Waals surface area contributed by atoms with Gasteiger partial charge >= 0.3 is 0 Å². The van der Waals surface area contributed by atoms with Gasteiger partial charge in [-0.2, -0.15) is 0 Å². The number of aromatic amines is 2. The van der Waals surface area contributed by atoms with Crippen LogP contribution >= 0.6 is 11.3 Å². The summed E-state index contributed by atoms with van der Waals surface area (Å²) in [5, 5.41) is 16.5. The van der Waals surface area contributed by atoms with E-state index < -0.39 is 0 Å². The summed E-state index contributed by atoms with van der Waals surface area (Å²) in [6.07, 6.45) is 0. The summed E-state index contributed by atoms with van der Waals surface area (Å²) in [6, 6.07) is 6.10. The van der Waals surface area contributed by atoms with Crippen molar-refractivity contribution in [1.29, 1.82) is 0 Å². The summed E-state index contributed by atoms with van der Waals surface area (Å²) < 4.78 is 0. The summed E-state index contributed by atoms with van der Waals surface area (Å²) in [4.78, 5) is 29.9. The van der Waals surface area contributed by atoms with E-state index in [1.807, 2.05) is 6.07 Å². The molecule has 0 bridgehead atoms. The summed E-state index contributed by atoms with van der Waals surface area (Å²) in [7, 11) is 2.15. The van der Waals surface area contributed by atoms with E-state index in [-0.39, 0.29) is 24.1 Å². The first kappa shape index (κ1) is 19.8. The van der Waals surface area contributed by atoms with E-state index in [1.54, 1.807) is 0 Å². The van der Waals surface area contributed by atoms with Crippen molar-refractivity contribution >= 4 is 44.0 Å². The molecule has 1 fully saturated rings. The SMILES string of the molecule is CC1c2csc3[nH]c(=O)c(-c4nc5ccc(N6CCN(C)CC6)cc5[nH]4)c(c23)N[C@H]1CO. The third kappa shape index (κ3) is 2.96. The Labute approximate surface area is 188 Å². The molecular formula is C23H26N6O2S. The molecule has 2 aliphatic rings. The van der Waals surface area contributed by atoms with Gasteiger partial charge < -0.3 is 30.2 Å². The van der Waals surface area contributed by atoms with Crippen LogP contribution in [0.25, 0.3) is 32.6 Å². The topological polar surface area (TPSA) is 100 Å². The molecule has 2 atom stereocenters. The fourth-order valence-corrected chi connectivity index (χ4v) is 6.01. The number of aliphatic hydroxyl groups is 1. The van der Waals surface area contributed by atoms with Crippen LogP contribution in [0.2, 0.25) is 0 Å². The summed E-state index contributed by atoms with van der Waals surface area (Å²) >= 11 is 1.53. The number of piperazine rings is 1. The highest BCUT2D eigenvalue weighted by Gasteiger charge is 2.31. The number of nitrogens with one attached hydrogen (secondary N) is 3. The van der Waals surface area contributed by atoms with Crippen LogP contribution < -0.4 is 15.8 Å². The molecular weight excluding hydrogens is 424 g/mol. The quantitative estimate of drug-likeness (QED) is 0.383. The van der Waals surface area contributed by atoms with E-state index >= 15 is 0 Å². The zero-order valence-electron chi connectivity index (χ0n) is 18.1. The number of fused-ring (bicyclic) bond motifs is 1. The third-order valence-electron chi connectivity index (χ3n) is 6.96. The van der Waals surface area contributed by atoms with Gasteiger partial charge in [0.15, 0.2) is 0 Å². The summed E-state index contributed by atoms with van der Waals surface area (Å²) in [5.41, 5.74) is 5.14. The normalized spacial score (nSPS) is 21.4. The van der Waals surface area contributed by atoms with Crippen molar-refractivity contribution in [2.75, 3.05) is 50.1 Å². The van der Waals surface area contributed by atoms with Crippen molar-refractivity contribution in [3.05, 3.63) is 39.5 Å². The minimum atomic E-state index is -0.182. The van der Waals surface area contributed by atoms with Gasteiger partial charge in [0, 0.05) is 43.2 Å². The highest BCUT2D eigenvalue weighted by Crippen LogP contribution is 2.44. The van der Waals surface area contributed by atoms with Crippen molar-refractivity contribution in [3.63, 3.8) is 0 Å². The number of pyridine rings is 1. The second kappa shape index (κ2) is 7.33. The number of likely N-dealkylation sites (N-methyl/N-ethyl adjacent to an activating group) is 1. The van der Waals surface area contributed by atoms with Crippen LogP contribution in [0, 0.1) is 0 Å². The van der Waals surface area contributed by atoms with Crippen molar-refractivity contribution < 1.29 is 5.11 Å². The lowest BCUT2D eigenvalue weighted by molar-refractivity contribution is 0.261. The Balaban J connectivity index is 1.47. The van der Waals surface area contributed by atoms with Crippen LogP contribution in [-0.4, -0.2) is 70.8 Å². The third-order valence-corrected chi connectivity index (χ3v) is 7.88. The molecule has 3 aromatic heterocycles. The predicted octanol–water partition coefficient (Wildman–Crippen LogP) is 2.77. The Morgan fingerprint density at radius 1 is 1.22 bits per heavy atom. The number of rotatable bonds is 3. The largest absolute Gasteiger partial charge is 0.394 e. The number of imidazole rings is 1. The van der Waals surface area contributed by atoms with Gasteiger partial charge in [0.1, 0.15) is 16.2 Å². The van der Waals surface area contributed by atoms with Crippen LogP contribution in [0.4, 0.5) is 11.4 Å². The van der Waals surface area contributed by atoms with Gasteiger partial charge in [-0.05, 0) is 36.2 Å². The molecule has 0 spiro atoms. The Morgan fingerprint density at radius 3 is 2.81 bits per heavy atom. The molecule has 0 amide bonds. The Kier molecular flexibility index (Phi) is 4.53. The molecule has 8 nitrogen and oxygen atoms in total. The maximum Gasteiger partial charge on any atom is 0.262 e. The zero-order valence-corrected chi connectivity index (χ0v) is 18.9. The lowest BCUT2D eigenvalue weighted by Gasteiger charge is -2.34. The Morgan fingerprint density at radius 2 is 2.03 bits per heavy atom. The monoisotopic (exact) mass is 450 g/mol. The number of nitrogens with zero attached hydrogens (tertiary/aromatic N) is 3. The molecule has 1 saturated heterocycles. The van der Waals surface area contributed by atoms with Crippen LogP contribution in [0.3, 0.4) is 0 Å². The maximum atomic E-state index is 13.1. The van der Waals surface area contributed by atoms with Crippen LogP contribution in [0.15, 0.2) is 28.4 Å². The minimum Gasteiger partial charge on any atom is -0.394 e.